The SMILES string of the molecule is N#Cc1c(NC(=O)CSc2nnc(C3CC3)o2)sc2c1CCCC2. The van der Waals surface area contributed by atoms with Crippen LogP contribution in [0.2, 0.25) is 0 Å². The van der Waals surface area contributed by atoms with Gasteiger partial charge in [-0.3, -0.25) is 4.79 Å². The number of nitrogens with zero attached hydrogens (tertiary/aromatic N) is 3. The molecule has 2 aliphatic carbocycles. The van der Waals surface area contributed by atoms with Crippen LogP contribution in [0.25, 0.3) is 0 Å². The van der Waals surface area contributed by atoms with Crippen molar-refractivity contribution in [2.45, 2.75) is 49.7 Å². The minimum Gasteiger partial charge on any atom is -0.416 e. The molecule has 0 spiro atoms. The van der Waals surface area contributed by atoms with Crippen molar-refractivity contribution in [3.05, 3.63) is 21.9 Å². The van der Waals surface area contributed by atoms with E-state index in [2.05, 4.69) is 21.6 Å². The van der Waals surface area contributed by atoms with Gasteiger partial charge in [0.2, 0.25) is 11.8 Å². The molecule has 2 heterocycles. The van der Waals surface area contributed by atoms with E-state index in [1.807, 2.05) is 0 Å². The van der Waals surface area contributed by atoms with Crippen LogP contribution in [0, 0.1) is 11.3 Å². The highest BCUT2D eigenvalue weighted by atomic mass is 32.2. The number of thiophene rings is 1. The van der Waals surface area contributed by atoms with Crippen LogP contribution in [-0.2, 0) is 17.6 Å². The zero-order valence-corrected chi connectivity index (χ0v) is 14.6. The Morgan fingerprint density at radius 2 is 2.21 bits per heavy atom. The Balaban J connectivity index is 1.38. The van der Waals surface area contributed by atoms with Crippen LogP contribution in [0.15, 0.2) is 9.64 Å². The van der Waals surface area contributed by atoms with E-state index in [-0.39, 0.29) is 11.7 Å². The van der Waals surface area contributed by atoms with Crippen LogP contribution in [0.5, 0.6) is 0 Å². The minimum absolute atomic E-state index is 0.152. The third kappa shape index (κ3) is 3.19. The molecule has 1 amide bonds. The first-order valence-electron chi connectivity index (χ1n) is 8.05. The number of thioether (sulfide) groups is 1. The van der Waals surface area contributed by atoms with Crippen molar-refractivity contribution in [2.75, 3.05) is 11.1 Å². The van der Waals surface area contributed by atoms with E-state index in [1.165, 1.54) is 28.0 Å². The summed E-state index contributed by atoms with van der Waals surface area (Å²) in [5.41, 5.74) is 1.77. The number of anilines is 1. The molecule has 2 aromatic heterocycles. The molecule has 0 unspecified atom stereocenters. The first kappa shape index (κ1) is 15.7. The number of hydrogen-bond acceptors (Lipinski definition) is 7. The second-order valence-electron chi connectivity index (χ2n) is 6.04. The maximum absolute atomic E-state index is 12.2. The molecule has 0 aromatic carbocycles. The van der Waals surface area contributed by atoms with Gasteiger partial charge in [0.05, 0.1) is 11.3 Å². The smallest absolute Gasteiger partial charge is 0.277 e. The summed E-state index contributed by atoms with van der Waals surface area (Å²) in [5, 5.41) is 21.4. The molecule has 0 bridgehead atoms. The predicted molar refractivity (Wildman–Crippen MR) is 91.3 cm³/mol. The van der Waals surface area contributed by atoms with Crippen LogP contribution in [0.1, 0.15) is 53.5 Å². The van der Waals surface area contributed by atoms with E-state index in [1.54, 1.807) is 0 Å². The van der Waals surface area contributed by atoms with Gasteiger partial charge >= 0.3 is 0 Å². The van der Waals surface area contributed by atoms with Gasteiger partial charge in [-0.25, -0.2) is 0 Å². The fourth-order valence-electron chi connectivity index (χ4n) is 2.84. The van der Waals surface area contributed by atoms with Gasteiger partial charge in [-0.05, 0) is 44.1 Å². The van der Waals surface area contributed by atoms with Gasteiger partial charge in [0.25, 0.3) is 5.22 Å². The maximum Gasteiger partial charge on any atom is 0.277 e. The summed E-state index contributed by atoms with van der Waals surface area (Å²) >= 11 is 2.77. The Kier molecular flexibility index (Phi) is 4.29. The standard InChI is InChI=1S/C16H16N4O2S2/c17-7-11-10-3-1-2-4-12(10)24-15(11)18-13(21)8-23-16-20-19-14(22-16)9-5-6-9/h9H,1-6,8H2,(H,18,21). The summed E-state index contributed by atoms with van der Waals surface area (Å²) in [4.78, 5) is 13.4. The molecule has 24 heavy (non-hydrogen) atoms. The summed E-state index contributed by atoms with van der Waals surface area (Å²) in [6.07, 6.45) is 6.42. The van der Waals surface area contributed by atoms with Crippen LogP contribution in [0.4, 0.5) is 5.00 Å². The number of hydrogen-bond donors (Lipinski definition) is 1. The van der Waals surface area contributed by atoms with Crippen LogP contribution in [0.3, 0.4) is 0 Å². The Morgan fingerprint density at radius 3 is 3.00 bits per heavy atom. The van der Waals surface area contributed by atoms with Crippen molar-refractivity contribution >= 4 is 34.0 Å². The van der Waals surface area contributed by atoms with E-state index in [9.17, 15) is 10.1 Å². The average Bonchev–Trinajstić information content (AvgIpc) is 3.22. The zero-order valence-electron chi connectivity index (χ0n) is 13.0. The van der Waals surface area contributed by atoms with Gasteiger partial charge in [0, 0.05) is 10.8 Å². The fraction of sp³-hybridized carbons (Fsp3) is 0.500. The van der Waals surface area contributed by atoms with Crippen molar-refractivity contribution in [3.8, 4) is 6.07 Å². The van der Waals surface area contributed by atoms with Gasteiger partial charge in [-0.15, -0.1) is 21.5 Å². The average molecular weight is 360 g/mol. The van der Waals surface area contributed by atoms with Crippen molar-refractivity contribution in [1.82, 2.24) is 10.2 Å². The van der Waals surface area contributed by atoms with Crippen molar-refractivity contribution in [3.63, 3.8) is 0 Å². The monoisotopic (exact) mass is 360 g/mol. The Hall–Kier alpha value is -1.85. The molecular weight excluding hydrogens is 344 g/mol. The highest BCUT2D eigenvalue weighted by Crippen LogP contribution is 2.40. The number of nitrogens with one attached hydrogen (secondary N) is 1. The summed E-state index contributed by atoms with van der Waals surface area (Å²) in [6.45, 7) is 0. The van der Waals surface area contributed by atoms with Crippen molar-refractivity contribution in [1.29, 1.82) is 5.26 Å². The molecule has 0 atom stereocenters. The highest BCUT2D eigenvalue weighted by Gasteiger charge is 2.29. The molecule has 0 aliphatic heterocycles. The molecule has 0 radical (unpaired) electrons. The number of carbonyl (C=O) groups excluding carboxylic acids is 1. The lowest BCUT2D eigenvalue weighted by Gasteiger charge is -2.09. The Morgan fingerprint density at radius 1 is 1.38 bits per heavy atom. The highest BCUT2D eigenvalue weighted by molar-refractivity contribution is 7.99. The van der Waals surface area contributed by atoms with E-state index < -0.39 is 0 Å². The third-order valence-corrected chi connectivity index (χ3v) is 6.24. The van der Waals surface area contributed by atoms with E-state index in [0.29, 0.717) is 27.6 Å². The number of aryl methyl sites for hydroxylation is 1. The molecule has 1 fully saturated rings. The number of amides is 1. The third-order valence-electron chi connectivity index (χ3n) is 4.21. The van der Waals surface area contributed by atoms with Gasteiger partial charge in [0.15, 0.2) is 0 Å². The van der Waals surface area contributed by atoms with Crippen LogP contribution < -0.4 is 5.32 Å². The molecule has 4 rings (SSSR count). The molecule has 6 nitrogen and oxygen atoms in total. The number of carbonyl (C=O) groups is 1. The molecule has 1 N–H and O–H groups in total. The lowest BCUT2D eigenvalue weighted by Crippen LogP contribution is -2.14. The number of nitriles is 1. The fourth-order valence-corrected chi connectivity index (χ4v) is 4.66. The molecule has 2 aromatic rings. The maximum atomic E-state index is 12.2. The topological polar surface area (TPSA) is 91.8 Å². The first-order chi connectivity index (χ1) is 11.7. The second-order valence-corrected chi connectivity index (χ2v) is 8.08. The van der Waals surface area contributed by atoms with Gasteiger partial charge in [-0.2, -0.15) is 5.26 Å². The van der Waals surface area contributed by atoms with Crippen molar-refractivity contribution in [2.24, 2.45) is 0 Å². The largest absolute Gasteiger partial charge is 0.416 e. The molecule has 0 saturated heterocycles. The molecule has 124 valence electrons. The lowest BCUT2D eigenvalue weighted by atomic mass is 9.96. The van der Waals surface area contributed by atoms with E-state index >= 15 is 0 Å². The normalized spacial score (nSPS) is 16.5. The molecule has 2 aliphatic rings. The molecule has 1 saturated carbocycles. The van der Waals surface area contributed by atoms with Crippen LogP contribution >= 0.6 is 23.1 Å². The summed E-state index contributed by atoms with van der Waals surface area (Å²) in [6, 6.07) is 2.25. The Bertz CT molecular complexity index is 817. The number of fused-ring (bicyclic) bond motifs is 1. The minimum atomic E-state index is -0.152. The van der Waals surface area contributed by atoms with Crippen molar-refractivity contribution < 1.29 is 9.21 Å². The first-order valence-corrected chi connectivity index (χ1v) is 9.85. The van der Waals surface area contributed by atoms with Gasteiger partial charge in [-0.1, -0.05) is 11.8 Å². The van der Waals surface area contributed by atoms with Gasteiger partial charge < -0.3 is 9.73 Å². The lowest BCUT2D eigenvalue weighted by molar-refractivity contribution is -0.113. The zero-order chi connectivity index (χ0) is 16.5. The molecule has 8 heteroatoms. The number of aromatic nitrogens is 2. The second kappa shape index (κ2) is 6.57. The van der Waals surface area contributed by atoms with Gasteiger partial charge in [0.1, 0.15) is 11.1 Å². The summed E-state index contributed by atoms with van der Waals surface area (Å²) in [5.74, 6) is 1.13. The van der Waals surface area contributed by atoms with E-state index in [0.717, 1.165) is 44.1 Å². The number of rotatable bonds is 5. The van der Waals surface area contributed by atoms with E-state index in [4.69, 9.17) is 4.42 Å². The Labute approximate surface area is 147 Å². The quantitative estimate of drug-likeness (QED) is 0.821. The summed E-state index contributed by atoms with van der Waals surface area (Å²) in [7, 11) is 0. The predicted octanol–water partition coefficient (Wildman–Crippen LogP) is 3.49. The summed E-state index contributed by atoms with van der Waals surface area (Å²) < 4.78 is 5.53. The molecular formula is C16H16N4O2S2. The van der Waals surface area contributed by atoms with Crippen LogP contribution in [-0.4, -0.2) is 21.9 Å².